The molecular weight excluding hydrogens is 232 g/mol. The average molecular weight is 246 g/mol. The molecule has 2 N–H and O–H groups in total. The maximum atomic E-state index is 11.6. The number of amides is 1. The number of nitriles is 1. The summed E-state index contributed by atoms with van der Waals surface area (Å²) >= 11 is 0. The number of carbonyl (C=O) groups excluding carboxylic acids is 1. The maximum absolute atomic E-state index is 11.6. The Labute approximate surface area is 105 Å². The molecule has 18 heavy (non-hydrogen) atoms. The molecule has 1 atom stereocenters. The zero-order chi connectivity index (χ0) is 13.5. The van der Waals surface area contributed by atoms with Gasteiger partial charge in [0, 0.05) is 18.5 Å². The Morgan fingerprint density at radius 3 is 2.78 bits per heavy atom. The SMILES string of the molecule is C[C@H](CC(=O)O)CC(=O)Nc1cccc(C#N)c1. The quantitative estimate of drug-likeness (QED) is 0.831. The zero-order valence-corrected chi connectivity index (χ0v) is 10.0. The standard InChI is InChI=1S/C13H14N2O3/c1-9(6-13(17)18)5-12(16)15-11-4-2-3-10(7-11)8-14/h2-4,7,9H,5-6H2,1H3,(H,15,16)(H,17,18)/t9-/m0/s1. The number of rotatable bonds is 5. The van der Waals surface area contributed by atoms with E-state index in [1.807, 2.05) is 6.07 Å². The molecule has 5 heteroatoms. The lowest BCUT2D eigenvalue weighted by Gasteiger charge is -2.09. The summed E-state index contributed by atoms with van der Waals surface area (Å²) in [5.41, 5.74) is 1.01. The van der Waals surface area contributed by atoms with Gasteiger partial charge in [-0.05, 0) is 24.1 Å². The number of carboxylic acids is 1. The van der Waals surface area contributed by atoms with Crippen LogP contribution in [0.2, 0.25) is 0 Å². The van der Waals surface area contributed by atoms with E-state index in [1.165, 1.54) is 0 Å². The highest BCUT2D eigenvalue weighted by molar-refractivity contribution is 5.91. The largest absolute Gasteiger partial charge is 0.481 e. The van der Waals surface area contributed by atoms with E-state index in [9.17, 15) is 9.59 Å². The maximum Gasteiger partial charge on any atom is 0.303 e. The Morgan fingerprint density at radius 1 is 1.44 bits per heavy atom. The first kappa shape index (κ1) is 13.7. The number of anilines is 1. The molecule has 0 spiro atoms. The van der Waals surface area contributed by atoms with Crippen molar-refractivity contribution in [2.24, 2.45) is 5.92 Å². The minimum Gasteiger partial charge on any atom is -0.481 e. The van der Waals surface area contributed by atoms with Crippen LogP contribution >= 0.6 is 0 Å². The van der Waals surface area contributed by atoms with E-state index in [1.54, 1.807) is 31.2 Å². The van der Waals surface area contributed by atoms with Crippen LogP contribution < -0.4 is 5.32 Å². The summed E-state index contributed by atoms with van der Waals surface area (Å²) in [4.78, 5) is 22.1. The Morgan fingerprint density at radius 2 is 2.17 bits per heavy atom. The molecule has 0 saturated heterocycles. The van der Waals surface area contributed by atoms with Crippen molar-refractivity contribution in [1.82, 2.24) is 0 Å². The summed E-state index contributed by atoms with van der Waals surface area (Å²) in [6.07, 6.45) is 0.106. The predicted molar refractivity (Wildman–Crippen MR) is 65.8 cm³/mol. The van der Waals surface area contributed by atoms with E-state index < -0.39 is 5.97 Å². The van der Waals surface area contributed by atoms with Crippen molar-refractivity contribution in [3.8, 4) is 6.07 Å². The molecule has 1 amide bonds. The highest BCUT2D eigenvalue weighted by Gasteiger charge is 2.12. The first-order chi connectivity index (χ1) is 8.51. The van der Waals surface area contributed by atoms with Crippen LogP contribution in [0.25, 0.3) is 0 Å². The van der Waals surface area contributed by atoms with E-state index in [0.717, 1.165) is 0 Å². The summed E-state index contributed by atoms with van der Waals surface area (Å²) in [5, 5.41) is 19.9. The normalized spacial score (nSPS) is 11.3. The van der Waals surface area contributed by atoms with Gasteiger partial charge in [-0.15, -0.1) is 0 Å². The Balaban J connectivity index is 2.54. The molecule has 1 aromatic rings. The fraction of sp³-hybridized carbons (Fsp3) is 0.308. The molecule has 0 aliphatic rings. The summed E-state index contributed by atoms with van der Waals surface area (Å²) in [7, 11) is 0. The number of hydrogen-bond acceptors (Lipinski definition) is 3. The van der Waals surface area contributed by atoms with Crippen LogP contribution in [0.3, 0.4) is 0 Å². The van der Waals surface area contributed by atoms with Gasteiger partial charge in [-0.25, -0.2) is 0 Å². The summed E-state index contributed by atoms with van der Waals surface area (Å²) in [6.45, 7) is 1.71. The van der Waals surface area contributed by atoms with E-state index in [2.05, 4.69) is 5.32 Å². The van der Waals surface area contributed by atoms with Crippen LogP contribution in [-0.2, 0) is 9.59 Å². The third kappa shape index (κ3) is 4.66. The molecule has 0 unspecified atom stereocenters. The first-order valence-corrected chi connectivity index (χ1v) is 5.53. The summed E-state index contributed by atoms with van der Waals surface area (Å²) < 4.78 is 0. The highest BCUT2D eigenvalue weighted by atomic mass is 16.4. The molecule has 0 heterocycles. The monoisotopic (exact) mass is 246 g/mol. The van der Waals surface area contributed by atoms with Crippen molar-refractivity contribution in [3.63, 3.8) is 0 Å². The van der Waals surface area contributed by atoms with Crippen LogP contribution in [0.4, 0.5) is 5.69 Å². The van der Waals surface area contributed by atoms with E-state index in [-0.39, 0.29) is 24.7 Å². The molecule has 1 aromatic carbocycles. The number of hydrogen-bond donors (Lipinski definition) is 2. The fourth-order valence-electron chi connectivity index (χ4n) is 1.57. The summed E-state index contributed by atoms with van der Waals surface area (Å²) in [5.74, 6) is -1.39. The van der Waals surface area contributed by atoms with Crippen LogP contribution in [0.1, 0.15) is 25.3 Å². The number of nitrogens with zero attached hydrogens (tertiary/aromatic N) is 1. The zero-order valence-electron chi connectivity index (χ0n) is 10.0. The molecule has 0 radical (unpaired) electrons. The van der Waals surface area contributed by atoms with Gasteiger partial charge in [0.05, 0.1) is 11.6 Å². The minimum atomic E-state index is -0.915. The first-order valence-electron chi connectivity index (χ1n) is 5.53. The van der Waals surface area contributed by atoms with Gasteiger partial charge in [0.25, 0.3) is 0 Å². The molecule has 5 nitrogen and oxygen atoms in total. The fourth-order valence-corrected chi connectivity index (χ4v) is 1.57. The van der Waals surface area contributed by atoms with Gasteiger partial charge >= 0.3 is 5.97 Å². The second kappa shape index (κ2) is 6.40. The molecule has 0 fully saturated rings. The van der Waals surface area contributed by atoms with E-state index in [0.29, 0.717) is 11.3 Å². The van der Waals surface area contributed by atoms with Gasteiger partial charge in [-0.1, -0.05) is 13.0 Å². The Hall–Kier alpha value is -2.35. The lowest BCUT2D eigenvalue weighted by atomic mass is 10.0. The topological polar surface area (TPSA) is 90.2 Å². The number of carboxylic acid groups (broad SMARTS) is 1. The van der Waals surface area contributed by atoms with Crippen LogP contribution in [-0.4, -0.2) is 17.0 Å². The van der Waals surface area contributed by atoms with Gasteiger partial charge < -0.3 is 10.4 Å². The van der Waals surface area contributed by atoms with Crippen molar-refractivity contribution in [2.75, 3.05) is 5.32 Å². The van der Waals surface area contributed by atoms with Crippen molar-refractivity contribution in [1.29, 1.82) is 5.26 Å². The Kier molecular flexibility index (Phi) is 4.88. The average Bonchev–Trinajstić information content (AvgIpc) is 2.27. The van der Waals surface area contributed by atoms with Gasteiger partial charge in [-0.2, -0.15) is 5.26 Å². The van der Waals surface area contributed by atoms with Gasteiger partial charge in [0.1, 0.15) is 0 Å². The molecule has 0 aliphatic carbocycles. The second-order valence-electron chi connectivity index (χ2n) is 4.15. The smallest absolute Gasteiger partial charge is 0.303 e. The molecule has 1 rings (SSSR count). The lowest BCUT2D eigenvalue weighted by Crippen LogP contribution is -2.16. The molecule has 94 valence electrons. The van der Waals surface area contributed by atoms with Gasteiger partial charge in [0.15, 0.2) is 0 Å². The molecule has 0 bridgehead atoms. The van der Waals surface area contributed by atoms with Crippen molar-refractivity contribution in [3.05, 3.63) is 29.8 Å². The molecular formula is C13H14N2O3. The number of aliphatic carboxylic acids is 1. The lowest BCUT2D eigenvalue weighted by molar-refractivity contribution is -0.138. The minimum absolute atomic E-state index is 0.0361. The van der Waals surface area contributed by atoms with E-state index >= 15 is 0 Å². The van der Waals surface area contributed by atoms with E-state index in [4.69, 9.17) is 10.4 Å². The summed E-state index contributed by atoms with van der Waals surface area (Å²) in [6, 6.07) is 8.55. The van der Waals surface area contributed by atoms with Crippen molar-refractivity contribution in [2.45, 2.75) is 19.8 Å². The number of carbonyl (C=O) groups is 2. The van der Waals surface area contributed by atoms with Crippen molar-refractivity contribution < 1.29 is 14.7 Å². The van der Waals surface area contributed by atoms with Gasteiger partial charge in [-0.3, -0.25) is 9.59 Å². The number of benzene rings is 1. The Bertz CT molecular complexity index is 491. The van der Waals surface area contributed by atoms with Crippen molar-refractivity contribution >= 4 is 17.6 Å². The van der Waals surface area contributed by atoms with Crippen LogP contribution in [0, 0.1) is 17.2 Å². The third-order valence-electron chi connectivity index (χ3n) is 2.33. The van der Waals surface area contributed by atoms with Gasteiger partial charge in [0.2, 0.25) is 5.91 Å². The molecule has 0 aromatic heterocycles. The predicted octanol–water partition coefficient (Wildman–Crippen LogP) is 2.00. The molecule has 0 aliphatic heterocycles. The van der Waals surface area contributed by atoms with Crippen LogP contribution in [0.15, 0.2) is 24.3 Å². The second-order valence-corrected chi connectivity index (χ2v) is 4.15. The third-order valence-corrected chi connectivity index (χ3v) is 2.33. The number of nitrogens with one attached hydrogen (secondary N) is 1. The highest BCUT2D eigenvalue weighted by Crippen LogP contribution is 2.13. The van der Waals surface area contributed by atoms with Crippen LogP contribution in [0.5, 0.6) is 0 Å². The molecule has 0 saturated carbocycles.